The van der Waals surface area contributed by atoms with E-state index in [1.165, 1.54) is 49.5 Å². The number of nitrogens with one attached hydrogen (secondary N) is 1. The highest BCUT2D eigenvalue weighted by Crippen LogP contribution is 2.29. The van der Waals surface area contributed by atoms with Crippen molar-refractivity contribution in [1.29, 1.82) is 0 Å². The van der Waals surface area contributed by atoms with E-state index in [0.29, 0.717) is 5.56 Å². The van der Waals surface area contributed by atoms with Crippen molar-refractivity contribution in [3.05, 3.63) is 53.3 Å². The molecule has 1 fully saturated rings. The van der Waals surface area contributed by atoms with Gasteiger partial charge < -0.3 is 14.4 Å². The van der Waals surface area contributed by atoms with Crippen LogP contribution in [-0.2, 0) is 16.6 Å². The van der Waals surface area contributed by atoms with E-state index >= 15 is 0 Å². The first-order chi connectivity index (χ1) is 13.7. The number of nitrogens with zero attached hydrogens (tertiary/aromatic N) is 1. The fraction of sp³-hybridized carbons (Fsp3) is 0.350. The van der Waals surface area contributed by atoms with E-state index in [-0.39, 0.29) is 34.5 Å². The lowest BCUT2D eigenvalue weighted by atomic mass is 10.1. The Morgan fingerprint density at radius 3 is 2.38 bits per heavy atom. The summed E-state index contributed by atoms with van der Waals surface area (Å²) in [4.78, 5) is 14.1. The van der Waals surface area contributed by atoms with Crippen LogP contribution in [0.25, 0.3) is 0 Å². The van der Waals surface area contributed by atoms with E-state index in [2.05, 4.69) is 4.72 Å². The Morgan fingerprint density at radius 1 is 1.14 bits per heavy atom. The second-order valence-corrected chi connectivity index (χ2v) is 8.57. The van der Waals surface area contributed by atoms with Crippen molar-refractivity contribution in [2.24, 2.45) is 0 Å². The van der Waals surface area contributed by atoms with Crippen LogP contribution in [-0.4, -0.2) is 46.5 Å². The maximum absolute atomic E-state index is 13.9. The molecule has 2 aromatic carbocycles. The highest BCUT2D eigenvalue weighted by atomic mass is 32.2. The second-order valence-electron chi connectivity index (χ2n) is 6.89. The first-order valence-electron chi connectivity index (χ1n) is 9.03. The molecule has 0 bridgehead atoms. The van der Waals surface area contributed by atoms with E-state index < -0.39 is 21.7 Å². The van der Waals surface area contributed by atoms with Crippen LogP contribution >= 0.6 is 0 Å². The first-order valence-corrected chi connectivity index (χ1v) is 10.5. The number of carbonyl (C=O) groups excluding carboxylic acids is 1. The summed E-state index contributed by atoms with van der Waals surface area (Å²) in [6.45, 7) is 0.147. The van der Waals surface area contributed by atoms with Gasteiger partial charge in [-0.3, -0.25) is 4.79 Å². The quantitative estimate of drug-likeness (QED) is 0.707. The zero-order valence-corrected chi connectivity index (χ0v) is 17.3. The molecule has 0 heterocycles. The van der Waals surface area contributed by atoms with Crippen molar-refractivity contribution >= 4 is 15.9 Å². The van der Waals surface area contributed by atoms with Crippen molar-refractivity contribution < 1.29 is 27.1 Å². The third kappa shape index (κ3) is 4.86. The molecule has 1 aliphatic rings. The van der Waals surface area contributed by atoms with Crippen molar-refractivity contribution in [3.63, 3.8) is 0 Å². The van der Waals surface area contributed by atoms with E-state index in [4.69, 9.17) is 9.47 Å². The van der Waals surface area contributed by atoms with Gasteiger partial charge in [-0.2, -0.15) is 0 Å². The van der Waals surface area contributed by atoms with Gasteiger partial charge in [0.25, 0.3) is 5.91 Å². The molecular weight excluding hydrogens is 399 g/mol. The van der Waals surface area contributed by atoms with Crippen LogP contribution in [0.1, 0.15) is 28.8 Å². The number of methoxy groups -OCH3 is 2. The Balaban J connectivity index is 1.82. The Hall–Kier alpha value is -2.65. The van der Waals surface area contributed by atoms with Crippen molar-refractivity contribution in [2.45, 2.75) is 30.3 Å². The molecule has 0 aromatic heterocycles. The van der Waals surface area contributed by atoms with Gasteiger partial charge in [-0.15, -0.1) is 0 Å². The van der Waals surface area contributed by atoms with Crippen molar-refractivity contribution in [2.75, 3.05) is 21.3 Å². The number of halogens is 1. The lowest BCUT2D eigenvalue weighted by molar-refractivity contribution is 0.0784. The van der Waals surface area contributed by atoms with Gasteiger partial charge in [0.2, 0.25) is 10.0 Å². The minimum absolute atomic E-state index is 0.0725. The largest absolute Gasteiger partial charge is 0.495 e. The Labute approximate surface area is 169 Å². The lowest BCUT2D eigenvalue weighted by Crippen LogP contribution is -2.28. The molecule has 3 rings (SSSR count). The van der Waals surface area contributed by atoms with Crippen LogP contribution < -0.4 is 14.2 Å². The number of amides is 1. The summed E-state index contributed by atoms with van der Waals surface area (Å²) in [5.41, 5.74) is 0.773. The lowest BCUT2D eigenvalue weighted by Gasteiger charge is -2.19. The molecule has 1 N–H and O–H groups in total. The molecule has 156 valence electrons. The van der Waals surface area contributed by atoms with Crippen LogP contribution in [0.4, 0.5) is 4.39 Å². The molecule has 0 saturated heterocycles. The summed E-state index contributed by atoms with van der Waals surface area (Å²) >= 11 is 0. The fourth-order valence-electron chi connectivity index (χ4n) is 2.88. The smallest absolute Gasteiger partial charge is 0.253 e. The predicted molar refractivity (Wildman–Crippen MR) is 105 cm³/mol. The third-order valence-corrected chi connectivity index (χ3v) is 6.12. The summed E-state index contributed by atoms with van der Waals surface area (Å²) in [6, 6.07) is 8.64. The van der Waals surface area contributed by atoms with Crippen molar-refractivity contribution in [3.8, 4) is 11.5 Å². The SMILES string of the molecule is COc1ccc(CN(C)C(=O)c2ccc(OC)c(S(=O)(=O)NC3CC3)c2)cc1F. The number of sulfonamides is 1. The van der Waals surface area contributed by atoms with Gasteiger partial charge in [0, 0.05) is 25.2 Å². The van der Waals surface area contributed by atoms with Gasteiger partial charge in [0.15, 0.2) is 11.6 Å². The van der Waals surface area contributed by atoms with Crippen LogP contribution in [0, 0.1) is 5.82 Å². The van der Waals surface area contributed by atoms with Crippen LogP contribution in [0.5, 0.6) is 11.5 Å². The molecule has 0 unspecified atom stereocenters. The molecule has 7 nitrogen and oxygen atoms in total. The normalized spacial score (nSPS) is 13.8. The van der Waals surface area contributed by atoms with Crippen molar-refractivity contribution in [1.82, 2.24) is 9.62 Å². The van der Waals surface area contributed by atoms with Gasteiger partial charge >= 0.3 is 0 Å². The highest BCUT2D eigenvalue weighted by Gasteiger charge is 2.30. The molecule has 0 spiro atoms. The van der Waals surface area contributed by atoms with E-state index in [0.717, 1.165) is 12.8 Å². The summed E-state index contributed by atoms with van der Waals surface area (Å²) in [7, 11) is 0.506. The van der Waals surface area contributed by atoms with Gasteiger partial charge in [-0.1, -0.05) is 6.07 Å². The molecule has 2 aromatic rings. The van der Waals surface area contributed by atoms with Gasteiger partial charge in [-0.05, 0) is 48.7 Å². The van der Waals surface area contributed by atoms with Gasteiger partial charge in [-0.25, -0.2) is 17.5 Å². The summed E-state index contributed by atoms with van der Waals surface area (Å²) < 4.78 is 51.8. The zero-order chi connectivity index (χ0) is 21.2. The average molecular weight is 422 g/mol. The maximum Gasteiger partial charge on any atom is 0.253 e. The first kappa shape index (κ1) is 21.1. The van der Waals surface area contributed by atoms with Crippen LogP contribution in [0.2, 0.25) is 0 Å². The number of hydrogen-bond donors (Lipinski definition) is 1. The number of rotatable bonds is 8. The zero-order valence-electron chi connectivity index (χ0n) is 16.4. The van der Waals surface area contributed by atoms with Crippen LogP contribution in [0.15, 0.2) is 41.3 Å². The number of benzene rings is 2. The molecule has 0 radical (unpaired) electrons. The molecule has 0 atom stereocenters. The monoisotopic (exact) mass is 422 g/mol. The molecule has 1 amide bonds. The number of carbonyl (C=O) groups is 1. The molecule has 9 heteroatoms. The van der Waals surface area contributed by atoms with Gasteiger partial charge in [0.05, 0.1) is 14.2 Å². The van der Waals surface area contributed by atoms with Gasteiger partial charge in [0.1, 0.15) is 10.6 Å². The van der Waals surface area contributed by atoms with E-state index in [9.17, 15) is 17.6 Å². The van der Waals surface area contributed by atoms with E-state index in [1.54, 1.807) is 13.1 Å². The average Bonchev–Trinajstić information content (AvgIpc) is 3.50. The minimum atomic E-state index is -3.80. The number of hydrogen-bond acceptors (Lipinski definition) is 5. The molecule has 1 saturated carbocycles. The van der Waals surface area contributed by atoms with E-state index in [1.807, 2.05) is 0 Å². The Morgan fingerprint density at radius 2 is 1.79 bits per heavy atom. The molecule has 1 aliphatic carbocycles. The molecule has 29 heavy (non-hydrogen) atoms. The third-order valence-electron chi connectivity index (χ3n) is 4.58. The predicted octanol–water partition coefficient (Wildman–Crippen LogP) is 2.56. The molecular formula is C20H23FN2O5S. The maximum atomic E-state index is 13.9. The summed E-state index contributed by atoms with van der Waals surface area (Å²) in [5.74, 6) is -0.632. The summed E-state index contributed by atoms with van der Waals surface area (Å²) in [5, 5.41) is 0. The minimum Gasteiger partial charge on any atom is -0.495 e. The Bertz CT molecular complexity index is 1020. The number of ether oxygens (including phenoxy) is 2. The second kappa shape index (κ2) is 8.38. The highest BCUT2D eigenvalue weighted by molar-refractivity contribution is 7.89. The topological polar surface area (TPSA) is 84.9 Å². The molecule has 0 aliphatic heterocycles. The van der Waals surface area contributed by atoms with Crippen LogP contribution in [0.3, 0.4) is 0 Å². The summed E-state index contributed by atoms with van der Waals surface area (Å²) in [6.07, 6.45) is 1.59. The standard InChI is InChI=1S/C20H23FN2O5S/c1-23(12-13-4-8-17(27-2)16(21)10-13)20(24)14-5-9-18(28-3)19(11-14)29(25,26)22-15-6-7-15/h4-5,8-11,15,22H,6-7,12H2,1-3H3. The Kier molecular flexibility index (Phi) is 6.09. The fourth-order valence-corrected chi connectivity index (χ4v) is 4.38.